The highest BCUT2D eigenvalue weighted by molar-refractivity contribution is 5.93. The molecule has 1 atom stereocenters. The Morgan fingerprint density at radius 2 is 2.13 bits per heavy atom. The zero-order chi connectivity index (χ0) is 20.5. The van der Waals surface area contributed by atoms with Gasteiger partial charge in [-0.1, -0.05) is 12.1 Å². The minimum Gasteiger partial charge on any atom is -0.497 e. The van der Waals surface area contributed by atoms with Crippen LogP contribution < -0.4 is 4.74 Å². The van der Waals surface area contributed by atoms with Gasteiger partial charge in [0.15, 0.2) is 11.5 Å². The monoisotopic (exact) mass is 402 g/mol. The molecule has 0 radical (unpaired) electrons. The quantitative estimate of drug-likeness (QED) is 0.516. The minimum atomic E-state index is -0.00229. The van der Waals surface area contributed by atoms with E-state index in [-0.39, 0.29) is 11.8 Å². The van der Waals surface area contributed by atoms with Gasteiger partial charge in [-0.3, -0.25) is 4.79 Å². The van der Waals surface area contributed by atoms with E-state index in [0.717, 1.165) is 47.7 Å². The first kappa shape index (κ1) is 18.4. The van der Waals surface area contributed by atoms with E-state index >= 15 is 0 Å². The fraction of sp³-hybridized carbons (Fsp3) is 0.261. The first-order valence-corrected chi connectivity index (χ1v) is 10.0. The summed E-state index contributed by atoms with van der Waals surface area (Å²) in [7, 11) is 1.66. The lowest BCUT2D eigenvalue weighted by atomic mass is 9.97. The Hall–Kier alpha value is -3.61. The van der Waals surface area contributed by atoms with Crippen molar-refractivity contribution < 1.29 is 13.9 Å². The van der Waals surface area contributed by atoms with Crippen molar-refractivity contribution in [1.82, 2.24) is 19.5 Å². The molecule has 7 nitrogen and oxygen atoms in total. The van der Waals surface area contributed by atoms with Crippen LogP contribution in [-0.4, -0.2) is 45.6 Å². The summed E-state index contributed by atoms with van der Waals surface area (Å²) in [6.07, 6.45) is 6.90. The summed E-state index contributed by atoms with van der Waals surface area (Å²) in [6, 6.07) is 13.7. The van der Waals surface area contributed by atoms with Crippen LogP contribution in [0.25, 0.3) is 16.8 Å². The number of likely N-dealkylation sites (tertiary alicyclic amines) is 1. The Morgan fingerprint density at radius 1 is 1.20 bits per heavy atom. The molecule has 5 rings (SSSR count). The van der Waals surface area contributed by atoms with Crippen LogP contribution in [0.1, 0.15) is 34.9 Å². The molecule has 7 heteroatoms. The van der Waals surface area contributed by atoms with Crippen molar-refractivity contribution in [3.8, 4) is 16.9 Å². The molecule has 4 aromatic rings. The van der Waals surface area contributed by atoms with E-state index < -0.39 is 0 Å². The van der Waals surface area contributed by atoms with Gasteiger partial charge in [0.05, 0.1) is 18.9 Å². The number of piperidine rings is 1. The minimum absolute atomic E-state index is 0.00229. The highest BCUT2D eigenvalue weighted by Gasteiger charge is 2.28. The molecule has 1 saturated heterocycles. The fourth-order valence-corrected chi connectivity index (χ4v) is 3.99. The summed E-state index contributed by atoms with van der Waals surface area (Å²) in [5, 5.41) is 4.74. The average Bonchev–Trinajstić information content (AvgIpc) is 3.48. The maximum absolute atomic E-state index is 12.7. The van der Waals surface area contributed by atoms with Gasteiger partial charge in [0.2, 0.25) is 0 Å². The Balaban J connectivity index is 1.40. The molecule has 0 aliphatic carbocycles. The van der Waals surface area contributed by atoms with E-state index in [1.165, 1.54) is 12.5 Å². The van der Waals surface area contributed by atoms with Gasteiger partial charge in [-0.05, 0) is 48.7 Å². The Bertz CT molecular complexity index is 1180. The lowest BCUT2D eigenvalue weighted by molar-refractivity contribution is 0.0704. The molecule has 0 bridgehead atoms. The summed E-state index contributed by atoms with van der Waals surface area (Å²) in [5.74, 6) is 1.71. The number of nitrogens with zero attached hydrogens (tertiary/aromatic N) is 4. The standard InChI is InChI=1S/C23H22N4O3/c1-29-20-6-2-4-16(12-20)17-7-8-21-24-22(25-27(21)14-17)18-5-3-10-26(13-18)23(28)19-9-11-30-15-19/h2,4,6-9,11-12,14-15,18H,3,5,10,13H2,1H3/t18-/m1/s1. The second kappa shape index (κ2) is 7.67. The number of carbonyl (C=O) groups is 1. The van der Waals surface area contributed by atoms with Gasteiger partial charge in [0.1, 0.15) is 12.0 Å². The molecule has 0 unspecified atom stereocenters. The number of carbonyl (C=O) groups excluding carboxylic acids is 1. The summed E-state index contributed by atoms with van der Waals surface area (Å²) in [5.41, 5.74) is 3.48. The van der Waals surface area contributed by atoms with Crippen LogP contribution in [-0.2, 0) is 0 Å². The number of hydrogen-bond donors (Lipinski definition) is 0. The lowest BCUT2D eigenvalue weighted by Crippen LogP contribution is -2.39. The third-order valence-corrected chi connectivity index (χ3v) is 5.59. The van der Waals surface area contributed by atoms with Crippen molar-refractivity contribution in [2.75, 3.05) is 20.2 Å². The predicted octanol–water partition coefficient (Wildman–Crippen LogP) is 4.02. The van der Waals surface area contributed by atoms with Crippen LogP contribution in [0, 0.1) is 0 Å². The van der Waals surface area contributed by atoms with Gasteiger partial charge in [-0.15, -0.1) is 0 Å². The van der Waals surface area contributed by atoms with Crippen LogP contribution in [0.4, 0.5) is 0 Å². The Kier molecular flexibility index (Phi) is 4.71. The van der Waals surface area contributed by atoms with Crippen molar-refractivity contribution in [3.05, 3.63) is 72.6 Å². The predicted molar refractivity (Wildman–Crippen MR) is 112 cm³/mol. The van der Waals surface area contributed by atoms with Crippen molar-refractivity contribution in [3.63, 3.8) is 0 Å². The molecule has 152 valence electrons. The van der Waals surface area contributed by atoms with Crippen molar-refractivity contribution in [2.24, 2.45) is 0 Å². The van der Waals surface area contributed by atoms with Gasteiger partial charge in [-0.25, -0.2) is 9.50 Å². The number of aromatic nitrogens is 3. The summed E-state index contributed by atoms with van der Waals surface area (Å²) in [4.78, 5) is 19.3. The van der Waals surface area contributed by atoms with E-state index in [2.05, 4.69) is 0 Å². The van der Waals surface area contributed by atoms with Crippen LogP contribution in [0.3, 0.4) is 0 Å². The Labute approximate surface area is 173 Å². The van der Waals surface area contributed by atoms with Gasteiger partial charge >= 0.3 is 0 Å². The third kappa shape index (κ3) is 3.43. The molecule has 3 aromatic heterocycles. The molecular formula is C23H22N4O3. The molecule has 1 aliphatic heterocycles. The maximum Gasteiger partial charge on any atom is 0.257 e. The highest BCUT2D eigenvalue weighted by atomic mass is 16.5. The molecule has 1 fully saturated rings. The normalized spacial score (nSPS) is 16.7. The number of ether oxygens (including phenoxy) is 1. The number of rotatable bonds is 4. The number of furan rings is 1. The molecule has 0 spiro atoms. The van der Waals surface area contributed by atoms with Crippen LogP contribution in [0.5, 0.6) is 5.75 Å². The molecular weight excluding hydrogens is 380 g/mol. The van der Waals surface area contributed by atoms with E-state index in [1.807, 2.05) is 52.0 Å². The summed E-state index contributed by atoms with van der Waals surface area (Å²) in [6.45, 7) is 1.36. The first-order valence-electron chi connectivity index (χ1n) is 10.0. The molecule has 30 heavy (non-hydrogen) atoms. The molecule has 4 heterocycles. The van der Waals surface area contributed by atoms with Crippen LogP contribution >= 0.6 is 0 Å². The van der Waals surface area contributed by atoms with E-state index in [0.29, 0.717) is 12.1 Å². The van der Waals surface area contributed by atoms with Crippen molar-refractivity contribution >= 4 is 11.6 Å². The number of methoxy groups -OCH3 is 1. The second-order valence-corrected chi connectivity index (χ2v) is 7.52. The second-order valence-electron chi connectivity index (χ2n) is 7.52. The van der Waals surface area contributed by atoms with Gasteiger partial charge < -0.3 is 14.1 Å². The number of benzene rings is 1. The number of pyridine rings is 1. The summed E-state index contributed by atoms with van der Waals surface area (Å²) < 4.78 is 12.2. The third-order valence-electron chi connectivity index (χ3n) is 5.59. The van der Waals surface area contributed by atoms with Crippen LogP contribution in [0.15, 0.2) is 65.6 Å². The van der Waals surface area contributed by atoms with E-state index in [9.17, 15) is 4.79 Å². The Morgan fingerprint density at radius 3 is 2.97 bits per heavy atom. The zero-order valence-electron chi connectivity index (χ0n) is 16.7. The maximum atomic E-state index is 12.7. The van der Waals surface area contributed by atoms with Crippen molar-refractivity contribution in [2.45, 2.75) is 18.8 Å². The summed E-state index contributed by atoms with van der Waals surface area (Å²) >= 11 is 0. The van der Waals surface area contributed by atoms with Crippen molar-refractivity contribution in [1.29, 1.82) is 0 Å². The van der Waals surface area contributed by atoms with E-state index in [1.54, 1.807) is 13.2 Å². The fourth-order valence-electron chi connectivity index (χ4n) is 3.99. The molecule has 1 aromatic carbocycles. The number of hydrogen-bond acceptors (Lipinski definition) is 5. The average molecular weight is 402 g/mol. The SMILES string of the molecule is COc1cccc(-c2ccc3nc([C@@H]4CCCN(C(=O)c5ccoc5)C4)nn3c2)c1. The number of amides is 1. The van der Waals surface area contributed by atoms with Gasteiger partial charge in [-0.2, -0.15) is 5.10 Å². The smallest absolute Gasteiger partial charge is 0.257 e. The topological polar surface area (TPSA) is 72.9 Å². The molecule has 1 aliphatic rings. The lowest BCUT2D eigenvalue weighted by Gasteiger charge is -2.31. The largest absolute Gasteiger partial charge is 0.497 e. The van der Waals surface area contributed by atoms with E-state index in [4.69, 9.17) is 19.2 Å². The molecule has 1 amide bonds. The first-order chi connectivity index (χ1) is 14.7. The highest BCUT2D eigenvalue weighted by Crippen LogP contribution is 2.28. The van der Waals surface area contributed by atoms with Crippen LogP contribution in [0.2, 0.25) is 0 Å². The van der Waals surface area contributed by atoms with Gasteiger partial charge in [0, 0.05) is 30.8 Å². The zero-order valence-corrected chi connectivity index (χ0v) is 16.7. The molecule has 0 N–H and O–H groups in total. The van der Waals surface area contributed by atoms with Gasteiger partial charge in [0.25, 0.3) is 5.91 Å². The molecule has 0 saturated carbocycles. The number of fused-ring (bicyclic) bond motifs is 1.